The monoisotopic (exact) mass is 424 g/mol. The summed E-state index contributed by atoms with van der Waals surface area (Å²) < 4.78 is 44.4. The predicted molar refractivity (Wildman–Crippen MR) is 109 cm³/mol. The fourth-order valence-electron chi connectivity index (χ4n) is 3.15. The third-order valence-corrected chi connectivity index (χ3v) is 4.86. The second-order valence-electron chi connectivity index (χ2n) is 6.67. The van der Waals surface area contributed by atoms with E-state index in [1.807, 2.05) is 30.3 Å². The number of nitrogens with zero attached hydrogens (tertiary/aromatic N) is 1. The van der Waals surface area contributed by atoms with Crippen LogP contribution in [0.25, 0.3) is 0 Å². The summed E-state index contributed by atoms with van der Waals surface area (Å²) in [6.07, 6.45) is -0.566. The van der Waals surface area contributed by atoms with Gasteiger partial charge in [0, 0.05) is 12.8 Å². The molecule has 29 heavy (non-hydrogen) atoms. The lowest BCUT2D eigenvalue weighted by molar-refractivity contribution is 0.0716. The highest BCUT2D eigenvalue weighted by Crippen LogP contribution is 2.34. The van der Waals surface area contributed by atoms with Crippen LogP contribution in [0.1, 0.15) is 18.1 Å². The molecule has 2 aromatic rings. The lowest BCUT2D eigenvalue weighted by atomic mass is 10.0. The number of anilines is 1. The van der Waals surface area contributed by atoms with E-state index < -0.39 is 17.5 Å². The summed E-state index contributed by atoms with van der Waals surface area (Å²) in [5, 5.41) is -0.738. The van der Waals surface area contributed by atoms with Crippen LogP contribution in [0.2, 0.25) is 0 Å². The maximum Gasteiger partial charge on any atom is 0.341 e. The number of hydrogen-bond acceptors (Lipinski definition) is 5. The highest BCUT2D eigenvalue weighted by atomic mass is 35.5. The van der Waals surface area contributed by atoms with Crippen LogP contribution >= 0.6 is 11.6 Å². The first-order valence-electron chi connectivity index (χ1n) is 9.15. The van der Waals surface area contributed by atoms with E-state index in [-0.39, 0.29) is 18.4 Å². The molecule has 0 spiro atoms. The molecule has 2 aromatic carbocycles. The molecule has 1 aliphatic rings. The van der Waals surface area contributed by atoms with Crippen molar-refractivity contribution in [3.8, 4) is 5.75 Å². The summed E-state index contributed by atoms with van der Waals surface area (Å²) >= 11 is 5.38. The van der Waals surface area contributed by atoms with Crippen LogP contribution in [0, 0.1) is 0 Å². The number of nitrogens with one attached hydrogen (secondary N) is 1. The first-order valence-corrected chi connectivity index (χ1v) is 9.53. The molecule has 3 rings (SSSR count). The van der Waals surface area contributed by atoms with Gasteiger partial charge >= 0.3 is 5.38 Å². The first kappa shape index (κ1) is 21.3. The maximum atomic E-state index is 14.1. The molecular formula is C21H23ClF2N2O3. The van der Waals surface area contributed by atoms with Gasteiger partial charge in [-0.15, -0.1) is 0 Å². The molecule has 5 nitrogen and oxygen atoms in total. The Balaban J connectivity index is 1.75. The Morgan fingerprint density at radius 3 is 2.41 bits per heavy atom. The lowest BCUT2D eigenvalue weighted by Gasteiger charge is -2.24. The van der Waals surface area contributed by atoms with Crippen LogP contribution in [0.4, 0.5) is 14.5 Å². The Hall–Kier alpha value is -2.38. The van der Waals surface area contributed by atoms with E-state index in [2.05, 4.69) is 10.3 Å². The third-order valence-electron chi connectivity index (χ3n) is 4.59. The van der Waals surface area contributed by atoms with Gasteiger partial charge in [0.05, 0.1) is 20.1 Å². The van der Waals surface area contributed by atoms with Gasteiger partial charge in [0.25, 0.3) is 0 Å². The Kier molecular flexibility index (Phi) is 6.92. The van der Waals surface area contributed by atoms with Gasteiger partial charge in [-0.1, -0.05) is 30.3 Å². The van der Waals surface area contributed by atoms with Gasteiger partial charge in [0.2, 0.25) is 0 Å². The second-order valence-corrected chi connectivity index (χ2v) is 7.17. The molecule has 0 saturated carbocycles. The third kappa shape index (κ3) is 5.58. The minimum absolute atomic E-state index is 0.175. The lowest BCUT2D eigenvalue weighted by Crippen LogP contribution is -2.37. The van der Waals surface area contributed by atoms with Crippen molar-refractivity contribution in [2.45, 2.75) is 30.0 Å². The molecule has 3 atom stereocenters. The Bertz CT molecular complexity index is 813. The van der Waals surface area contributed by atoms with Gasteiger partial charge in [0.1, 0.15) is 23.9 Å². The molecule has 156 valence electrons. The highest BCUT2D eigenvalue weighted by molar-refractivity contribution is 6.22. The molecule has 0 unspecified atom stereocenters. The Morgan fingerprint density at radius 2 is 1.83 bits per heavy atom. The molecule has 0 saturated heterocycles. The highest BCUT2D eigenvalue weighted by Gasteiger charge is 2.41. The van der Waals surface area contributed by atoms with Crippen molar-refractivity contribution >= 4 is 23.2 Å². The van der Waals surface area contributed by atoms with Gasteiger partial charge < -0.3 is 19.5 Å². The van der Waals surface area contributed by atoms with Crippen molar-refractivity contribution in [2.75, 3.05) is 26.1 Å². The van der Waals surface area contributed by atoms with Crippen molar-refractivity contribution in [3.63, 3.8) is 0 Å². The van der Waals surface area contributed by atoms with Crippen LogP contribution in [0.15, 0.2) is 59.6 Å². The average Bonchev–Trinajstić information content (AvgIpc) is 3.11. The van der Waals surface area contributed by atoms with Crippen molar-refractivity contribution in [1.82, 2.24) is 0 Å². The number of hydrogen-bond donors (Lipinski definition) is 1. The molecule has 1 N–H and O–H groups in total. The van der Waals surface area contributed by atoms with Crippen molar-refractivity contribution in [1.29, 1.82) is 0 Å². The van der Waals surface area contributed by atoms with E-state index in [0.717, 1.165) is 5.56 Å². The van der Waals surface area contributed by atoms with Crippen LogP contribution in [-0.2, 0) is 9.47 Å². The van der Waals surface area contributed by atoms with E-state index in [0.29, 0.717) is 18.0 Å². The van der Waals surface area contributed by atoms with E-state index in [4.69, 9.17) is 25.8 Å². The largest absolute Gasteiger partial charge is 0.497 e. The van der Waals surface area contributed by atoms with Gasteiger partial charge in [-0.05, 0) is 41.4 Å². The predicted octanol–water partition coefficient (Wildman–Crippen LogP) is 4.88. The molecule has 0 fully saturated rings. The molecule has 1 heterocycles. The van der Waals surface area contributed by atoms with Crippen molar-refractivity contribution in [2.24, 2.45) is 4.99 Å². The zero-order chi connectivity index (χ0) is 20.9. The standard InChI is InChI=1S/C21H23ClF2N2O3/c1-27-13-17-20(14-6-4-3-5-7-14)29-19(26-17)12-18(21(22,23)24)25-15-8-10-16(28-2)11-9-15/h3-11,17-18,20,25H,12-13H2,1-2H3/t17-,18-,20-/m0/s1. The smallest absolute Gasteiger partial charge is 0.341 e. The molecule has 0 radical (unpaired) electrons. The zero-order valence-corrected chi connectivity index (χ0v) is 16.9. The summed E-state index contributed by atoms with van der Waals surface area (Å²) in [6, 6.07) is 14.4. The fourth-order valence-corrected chi connectivity index (χ4v) is 3.28. The summed E-state index contributed by atoms with van der Waals surface area (Å²) in [6.45, 7) is 0.316. The van der Waals surface area contributed by atoms with Gasteiger partial charge in [0.15, 0.2) is 5.90 Å². The molecule has 0 aromatic heterocycles. The van der Waals surface area contributed by atoms with Crippen LogP contribution in [-0.4, -0.2) is 44.2 Å². The molecule has 0 aliphatic carbocycles. The van der Waals surface area contributed by atoms with Gasteiger partial charge in [-0.3, -0.25) is 0 Å². The number of alkyl halides is 3. The topological polar surface area (TPSA) is 52.1 Å². The number of rotatable bonds is 9. The number of aliphatic imine (C=N–C) groups is 1. The SMILES string of the molecule is COC[C@@H]1N=C(C[C@H](Nc2ccc(OC)cc2)C(F)(F)Cl)O[C@H]1c1ccccc1. The number of benzene rings is 2. The number of methoxy groups -OCH3 is 2. The van der Waals surface area contributed by atoms with Gasteiger partial charge in [-0.25, -0.2) is 4.99 Å². The zero-order valence-electron chi connectivity index (χ0n) is 16.1. The molecule has 8 heteroatoms. The molecule has 0 bridgehead atoms. The van der Waals surface area contributed by atoms with Crippen LogP contribution < -0.4 is 10.1 Å². The van der Waals surface area contributed by atoms with E-state index in [1.165, 1.54) is 7.11 Å². The van der Waals surface area contributed by atoms with Gasteiger partial charge in [-0.2, -0.15) is 8.78 Å². The minimum Gasteiger partial charge on any atom is -0.497 e. The maximum absolute atomic E-state index is 14.1. The summed E-state index contributed by atoms with van der Waals surface area (Å²) in [5.41, 5.74) is 1.40. The number of ether oxygens (including phenoxy) is 3. The molecule has 1 aliphatic heterocycles. The molecular weight excluding hydrogens is 402 g/mol. The van der Waals surface area contributed by atoms with Crippen molar-refractivity contribution < 1.29 is 23.0 Å². The summed E-state index contributed by atoms with van der Waals surface area (Å²) in [5.74, 6) is 0.841. The quantitative estimate of drug-likeness (QED) is 0.583. The van der Waals surface area contributed by atoms with Crippen LogP contribution in [0.3, 0.4) is 0 Å². The van der Waals surface area contributed by atoms with E-state index >= 15 is 0 Å². The molecule has 0 amide bonds. The van der Waals surface area contributed by atoms with Crippen molar-refractivity contribution in [3.05, 3.63) is 60.2 Å². The fraction of sp³-hybridized carbons (Fsp3) is 0.381. The Morgan fingerprint density at radius 1 is 1.14 bits per heavy atom. The Labute approximate surface area is 173 Å². The second kappa shape index (κ2) is 9.41. The summed E-state index contributed by atoms with van der Waals surface area (Å²) in [7, 11) is 3.10. The summed E-state index contributed by atoms with van der Waals surface area (Å²) in [4.78, 5) is 4.48. The number of halogens is 3. The first-order chi connectivity index (χ1) is 13.9. The average molecular weight is 425 g/mol. The minimum atomic E-state index is -3.51. The normalized spacial score (nSPS) is 20.0. The van der Waals surface area contributed by atoms with E-state index in [1.54, 1.807) is 31.4 Å². The van der Waals surface area contributed by atoms with E-state index in [9.17, 15) is 8.78 Å². The van der Waals surface area contributed by atoms with Crippen LogP contribution in [0.5, 0.6) is 5.75 Å².